The molecule has 1 heterocycles. The molecule has 1 atom stereocenters. The Morgan fingerprint density at radius 2 is 2.25 bits per heavy atom. The summed E-state index contributed by atoms with van der Waals surface area (Å²) in [4.78, 5) is 4.67. The van der Waals surface area contributed by atoms with Gasteiger partial charge in [0.15, 0.2) is 0 Å². The minimum absolute atomic E-state index is 0.526. The van der Waals surface area contributed by atoms with Crippen molar-refractivity contribution in [1.82, 2.24) is 0 Å². The van der Waals surface area contributed by atoms with Gasteiger partial charge in [0.2, 0.25) is 0 Å². The Bertz CT molecular complexity index is 281. The van der Waals surface area contributed by atoms with Crippen molar-refractivity contribution in [1.29, 1.82) is 0 Å². The van der Waals surface area contributed by atoms with Gasteiger partial charge < -0.3 is 0 Å². The summed E-state index contributed by atoms with van der Waals surface area (Å²) in [6.45, 7) is 4.37. The van der Waals surface area contributed by atoms with E-state index in [1.807, 2.05) is 0 Å². The number of fused-ring (bicyclic) bond motifs is 1. The second kappa shape index (κ2) is 2.89. The van der Waals surface area contributed by atoms with Gasteiger partial charge in [-0.25, -0.2) is 0 Å². The Morgan fingerprint density at radius 1 is 1.42 bits per heavy atom. The average molecular weight is 161 g/mol. The number of rotatable bonds is 0. The highest BCUT2D eigenvalue weighted by Crippen LogP contribution is 2.26. The molecule has 0 saturated heterocycles. The van der Waals surface area contributed by atoms with Crippen LogP contribution in [0.2, 0.25) is 0 Å². The second-order valence-corrected chi connectivity index (χ2v) is 3.72. The number of hydrogen-bond donors (Lipinski definition) is 0. The number of aliphatic imine (C=N–C) groups is 1. The van der Waals surface area contributed by atoms with Crippen molar-refractivity contribution in [2.24, 2.45) is 4.99 Å². The summed E-state index contributed by atoms with van der Waals surface area (Å²) in [5.74, 6) is 0. The van der Waals surface area contributed by atoms with E-state index in [4.69, 9.17) is 0 Å². The van der Waals surface area contributed by atoms with Crippen molar-refractivity contribution in [2.75, 3.05) is 0 Å². The van der Waals surface area contributed by atoms with Crippen LogP contribution in [0.15, 0.2) is 28.3 Å². The predicted octanol–water partition coefficient (Wildman–Crippen LogP) is 2.89. The first-order valence-electron chi connectivity index (χ1n) is 4.71. The SMILES string of the molecule is CC1=CCC=C2CCC(C)N=C12. The van der Waals surface area contributed by atoms with Gasteiger partial charge in [0.25, 0.3) is 0 Å². The van der Waals surface area contributed by atoms with E-state index in [2.05, 4.69) is 31.0 Å². The van der Waals surface area contributed by atoms with E-state index in [1.165, 1.54) is 29.7 Å². The summed E-state index contributed by atoms with van der Waals surface area (Å²) in [6.07, 6.45) is 8.14. The monoisotopic (exact) mass is 161 g/mol. The van der Waals surface area contributed by atoms with Crippen LogP contribution in [-0.4, -0.2) is 11.8 Å². The van der Waals surface area contributed by atoms with Crippen molar-refractivity contribution in [2.45, 2.75) is 39.2 Å². The molecule has 2 rings (SSSR count). The first-order chi connectivity index (χ1) is 5.77. The van der Waals surface area contributed by atoms with E-state index < -0.39 is 0 Å². The average Bonchev–Trinajstić information content (AvgIpc) is 2.07. The zero-order valence-corrected chi connectivity index (χ0v) is 7.80. The summed E-state index contributed by atoms with van der Waals surface area (Å²) < 4.78 is 0. The first-order valence-corrected chi connectivity index (χ1v) is 4.71. The molecule has 12 heavy (non-hydrogen) atoms. The molecule has 0 aromatic heterocycles. The van der Waals surface area contributed by atoms with Crippen LogP contribution in [0.1, 0.15) is 33.1 Å². The van der Waals surface area contributed by atoms with E-state index in [0.29, 0.717) is 6.04 Å². The molecule has 0 aromatic carbocycles. The third-order valence-electron chi connectivity index (χ3n) is 2.65. The zero-order valence-electron chi connectivity index (χ0n) is 7.80. The lowest BCUT2D eigenvalue weighted by atomic mass is 9.89. The molecule has 1 nitrogen and oxygen atoms in total. The third kappa shape index (κ3) is 1.24. The van der Waals surface area contributed by atoms with Crippen molar-refractivity contribution < 1.29 is 0 Å². The van der Waals surface area contributed by atoms with Gasteiger partial charge >= 0.3 is 0 Å². The molecular weight excluding hydrogens is 146 g/mol. The summed E-state index contributed by atoms with van der Waals surface area (Å²) in [7, 11) is 0. The molecule has 2 aliphatic rings. The highest BCUT2D eigenvalue weighted by atomic mass is 14.8. The summed E-state index contributed by atoms with van der Waals surface area (Å²) in [6, 6.07) is 0.526. The Morgan fingerprint density at radius 3 is 3.08 bits per heavy atom. The molecule has 0 radical (unpaired) electrons. The van der Waals surface area contributed by atoms with Crippen LogP contribution in [-0.2, 0) is 0 Å². The third-order valence-corrected chi connectivity index (χ3v) is 2.65. The lowest BCUT2D eigenvalue weighted by molar-refractivity contribution is 0.651. The smallest absolute Gasteiger partial charge is 0.0632 e. The Hall–Kier alpha value is -0.850. The van der Waals surface area contributed by atoms with Crippen molar-refractivity contribution >= 4 is 5.71 Å². The van der Waals surface area contributed by atoms with Crippen molar-refractivity contribution in [3.63, 3.8) is 0 Å². The Labute approximate surface area is 73.9 Å². The van der Waals surface area contributed by atoms with Gasteiger partial charge in [-0.2, -0.15) is 0 Å². The van der Waals surface area contributed by atoms with Crippen LogP contribution in [0.5, 0.6) is 0 Å². The normalized spacial score (nSPS) is 28.5. The summed E-state index contributed by atoms with van der Waals surface area (Å²) in [5.41, 5.74) is 4.13. The fourth-order valence-corrected chi connectivity index (χ4v) is 1.88. The fourth-order valence-electron chi connectivity index (χ4n) is 1.88. The van der Waals surface area contributed by atoms with Gasteiger partial charge in [0.1, 0.15) is 0 Å². The van der Waals surface area contributed by atoms with E-state index >= 15 is 0 Å². The molecular formula is C11H15N. The number of hydrogen-bond acceptors (Lipinski definition) is 1. The Kier molecular flexibility index (Phi) is 1.87. The van der Waals surface area contributed by atoms with E-state index in [9.17, 15) is 0 Å². The Balaban J connectivity index is 2.36. The maximum atomic E-state index is 4.67. The van der Waals surface area contributed by atoms with Gasteiger partial charge in [-0.3, -0.25) is 4.99 Å². The lowest BCUT2D eigenvalue weighted by Crippen LogP contribution is -2.18. The van der Waals surface area contributed by atoms with Crippen LogP contribution in [0.25, 0.3) is 0 Å². The lowest BCUT2D eigenvalue weighted by Gasteiger charge is -2.23. The van der Waals surface area contributed by atoms with Crippen molar-refractivity contribution in [3.8, 4) is 0 Å². The molecule has 64 valence electrons. The molecule has 0 aromatic rings. The predicted molar refractivity (Wildman–Crippen MR) is 52.6 cm³/mol. The molecule has 0 spiro atoms. The van der Waals surface area contributed by atoms with Crippen LogP contribution >= 0.6 is 0 Å². The van der Waals surface area contributed by atoms with E-state index in [1.54, 1.807) is 0 Å². The van der Waals surface area contributed by atoms with Crippen LogP contribution in [0.4, 0.5) is 0 Å². The van der Waals surface area contributed by atoms with E-state index in [0.717, 1.165) is 6.42 Å². The summed E-state index contributed by atoms with van der Waals surface area (Å²) >= 11 is 0. The minimum atomic E-state index is 0.526. The molecule has 0 N–H and O–H groups in total. The van der Waals surface area contributed by atoms with Gasteiger partial charge in [-0.15, -0.1) is 0 Å². The molecule has 0 saturated carbocycles. The van der Waals surface area contributed by atoms with Crippen molar-refractivity contribution in [3.05, 3.63) is 23.3 Å². The topological polar surface area (TPSA) is 12.4 Å². The van der Waals surface area contributed by atoms with Gasteiger partial charge in [-0.05, 0) is 44.3 Å². The molecule has 1 heteroatoms. The molecule has 1 unspecified atom stereocenters. The number of allylic oxidation sites excluding steroid dienone is 4. The van der Waals surface area contributed by atoms with E-state index in [-0.39, 0.29) is 0 Å². The largest absolute Gasteiger partial charge is 0.282 e. The number of nitrogens with zero attached hydrogens (tertiary/aromatic N) is 1. The fraction of sp³-hybridized carbons (Fsp3) is 0.545. The summed E-state index contributed by atoms with van der Waals surface area (Å²) in [5, 5.41) is 0. The standard InChI is InChI=1S/C11H15N/c1-8-4-3-5-10-7-6-9(2)12-11(8)10/h4-5,9H,3,6-7H2,1-2H3. The van der Waals surface area contributed by atoms with Gasteiger partial charge in [0.05, 0.1) is 5.71 Å². The molecule has 0 fully saturated rings. The van der Waals surface area contributed by atoms with Crippen LogP contribution in [0.3, 0.4) is 0 Å². The maximum absolute atomic E-state index is 4.67. The first kappa shape index (κ1) is 7.78. The molecule has 0 bridgehead atoms. The minimum Gasteiger partial charge on any atom is -0.282 e. The molecule has 1 aliphatic carbocycles. The zero-order chi connectivity index (χ0) is 8.55. The van der Waals surface area contributed by atoms with Crippen LogP contribution < -0.4 is 0 Å². The highest BCUT2D eigenvalue weighted by Gasteiger charge is 2.18. The molecule has 1 aliphatic heterocycles. The quantitative estimate of drug-likeness (QED) is 0.518. The maximum Gasteiger partial charge on any atom is 0.0632 e. The second-order valence-electron chi connectivity index (χ2n) is 3.72. The highest BCUT2D eigenvalue weighted by molar-refractivity contribution is 6.13. The molecule has 0 amide bonds. The van der Waals surface area contributed by atoms with Gasteiger partial charge in [0, 0.05) is 6.04 Å². The van der Waals surface area contributed by atoms with Gasteiger partial charge in [-0.1, -0.05) is 12.2 Å². The van der Waals surface area contributed by atoms with Crippen LogP contribution in [0, 0.1) is 0 Å².